The van der Waals surface area contributed by atoms with Crippen molar-refractivity contribution < 1.29 is 24.3 Å². The molecule has 0 aliphatic rings. The molecule has 0 bridgehead atoms. The Morgan fingerprint density at radius 1 is 1.07 bits per heavy atom. The number of hydrogen-bond acceptors (Lipinski definition) is 7. The van der Waals surface area contributed by atoms with Gasteiger partial charge in [0.1, 0.15) is 12.1 Å². The maximum absolute atomic E-state index is 12.2. The van der Waals surface area contributed by atoms with Crippen LogP contribution in [0.25, 0.3) is 0 Å². The summed E-state index contributed by atoms with van der Waals surface area (Å²) in [6, 6.07) is -2.85. The Bertz CT molecular complexity index is 517. The van der Waals surface area contributed by atoms with Crippen molar-refractivity contribution in [3.05, 3.63) is 0 Å². The van der Waals surface area contributed by atoms with E-state index in [0.29, 0.717) is 19.4 Å². The molecule has 27 heavy (non-hydrogen) atoms. The molecule has 0 aromatic heterocycles. The quantitative estimate of drug-likeness (QED) is 0.140. The van der Waals surface area contributed by atoms with Gasteiger partial charge in [0.05, 0.1) is 12.6 Å². The Kier molecular flexibility index (Phi) is 12.4. The lowest BCUT2D eigenvalue weighted by Gasteiger charge is -2.23. The molecule has 0 heterocycles. The standard InChI is InChI=1S/C16H31N5O5S/c1-9(2)13(15(24)20-11(8-27)16(25)26)21-12(22)7-19-14(23)10(18)5-3-4-6-17/h9-11,13,27H,3-8,17-18H2,1-2H3,(H,19,23)(H,20,24)(H,21,22)(H,25,26). The summed E-state index contributed by atoms with van der Waals surface area (Å²) in [4.78, 5) is 47.1. The zero-order valence-corrected chi connectivity index (χ0v) is 16.6. The molecule has 3 amide bonds. The van der Waals surface area contributed by atoms with Gasteiger partial charge in [-0.15, -0.1) is 0 Å². The summed E-state index contributed by atoms with van der Waals surface area (Å²) in [7, 11) is 0. The molecule has 0 aromatic carbocycles. The number of thiol groups is 1. The average Bonchev–Trinajstić information content (AvgIpc) is 2.61. The second-order valence-corrected chi connectivity index (χ2v) is 6.85. The van der Waals surface area contributed by atoms with Gasteiger partial charge in [-0.05, 0) is 25.3 Å². The minimum Gasteiger partial charge on any atom is -0.480 e. The van der Waals surface area contributed by atoms with Crippen LogP contribution < -0.4 is 27.4 Å². The van der Waals surface area contributed by atoms with Crippen molar-refractivity contribution in [3.63, 3.8) is 0 Å². The third kappa shape index (κ3) is 10.2. The summed E-state index contributed by atoms with van der Waals surface area (Å²) < 4.78 is 0. The Labute approximate surface area is 164 Å². The van der Waals surface area contributed by atoms with Crippen LogP contribution in [0.1, 0.15) is 33.1 Å². The second-order valence-electron chi connectivity index (χ2n) is 6.48. The number of carbonyl (C=O) groups excluding carboxylic acids is 3. The van der Waals surface area contributed by atoms with Crippen LogP contribution in [0.5, 0.6) is 0 Å². The maximum atomic E-state index is 12.2. The highest BCUT2D eigenvalue weighted by Crippen LogP contribution is 2.03. The molecule has 0 aromatic rings. The minimum atomic E-state index is -1.22. The van der Waals surface area contributed by atoms with E-state index in [1.54, 1.807) is 13.8 Å². The molecule has 0 rings (SSSR count). The molecular weight excluding hydrogens is 374 g/mol. The molecule has 0 fully saturated rings. The van der Waals surface area contributed by atoms with E-state index in [2.05, 4.69) is 28.6 Å². The predicted molar refractivity (Wildman–Crippen MR) is 104 cm³/mol. The van der Waals surface area contributed by atoms with Crippen molar-refractivity contribution in [1.29, 1.82) is 0 Å². The van der Waals surface area contributed by atoms with Gasteiger partial charge in [0.25, 0.3) is 0 Å². The van der Waals surface area contributed by atoms with E-state index in [9.17, 15) is 19.2 Å². The van der Waals surface area contributed by atoms with Gasteiger partial charge in [-0.1, -0.05) is 20.3 Å². The van der Waals surface area contributed by atoms with Crippen LogP contribution in [0, 0.1) is 5.92 Å². The number of rotatable bonds is 13. The molecule has 0 radical (unpaired) electrons. The largest absolute Gasteiger partial charge is 0.480 e. The fourth-order valence-electron chi connectivity index (χ4n) is 2.14. The Morgan fingerprint density at radius 2 is 1.70 bits per heavy atom. The number of carboxylic acids is 1. The van der Waals surface area contributed by atoms with Crippen molar-refractivity contribution in [3.8, 4) is 0 Å². The van der Waals surface area contributed by atoms with Crippen molar-refractivity contribution in [1.82, 2.24) is 16.0 Å². The van der Waals surface area contributed by atoms with Crippen LogP contribution in [0.4, 0.5) is 0 Å². The fraction of sp³-hybridized carbons (Fsp3) is 0.750. The third-order valence-electron chi connectivity index (χ3n) is 3.79. The van der Waals surface area contributed by atoms with E-state index in [0.717, 1.165) is 6.42 Å². The highest BCUT2D eigenvalue weighted by molar-refractivity contribution is 7.80. The van der Waals surface area contributed by atoms with Crippen LogP contribution >= 0.6 is 12.6 Å². The Hall–Kier alpha value is -1.85. The molecule has 0 aliphatic carbocycles. The first-order valence-corrected chi connectivity index (χ1v) is 9.44. The summed E-state index contributed by atoms with van der Waals surface area (Å²) in [5.74, 6) is -3.28. The second kappa shape index (κ2) is 13.3. The smallest absolute Gasteiger partial charge is 0.327 e. The van der Waals surface area contributed by atoms with Gasteiger partial charge in [0.15, 0.2) is 0 Å². The fourth-order valence-corrected chi connectivity index (χ4v) is 2.39. The monoisotopic (exact) mass is 405 g/mol. The van der Waals surface area contributed by atoms with E-state index in [-0.39, 0.29) is 18.2 Å². The van der Waals surface area contributed by atoms with E-state index in [1.165, 1.54) is 0 Å². The molecule has 8 N–H and O–H groups in total. The van der Waals surface area contributed by atoms with Gasteiger partial charge >= 0.3 is 5.97 Å². The molecule has 156 valence electrons. The molecular formula is C16H31N5O5S. The van der Waals surface area contributed by atoms with Crippen LogP contribution in [0.15, 0.2) is 0 Å². The van der Waals surface area contributed by atoms with E-state index in [4.69, 9.17) is 16.6 Å². The lowest BCUT2D eigenvalue weighted by Crippen LogP contribution is -2.55. The number of aliphatic carboxylic acids is 1. The van der Waals surface area contributed by atoms with Gasteiger partial charge in [0, 0.05) is 5.75 Å². The lowest BCUT2D eigenvalue weighted by atomic mass is 10.0. The van der Waals surface area contributed by atoms with Crippen molar-refractivity contribution in [2.24, 2.45) is 17.4 Å². The van der Waals surface area contributed by atoms with Gasteiger partial charge in [0.2, 0.25) is 17.7 Å². The topological polar surface area (TPSA) is 177 Å². The summed E-state index contributed by atoms with van der Waals surface area (Å²) in [5, 5.41) is 16.2. The number of carboxylic acid groups (broad SMARTS) is 1. The van der Waals surface area contributed by atoms with Crippen molar-refractivity contribution >= 4 is 36.3 Å². The predicted octanol–water partition coefficient (Wildman–Crippen LogP) is -1.80. The van der Waals surface area contributed by atoms with E-state index in [1.807, 2.05) is 0 Å². The van der Waals surface area contributed by atoms with E-state index >= 15 is 0 Å². The lowest BCUT2D eigenvalue weighted by molar-refractivity contribution is -0.141. The molecule has 0 saturated carbocycles. The van der Waals surface area contributed by atoms with Crippen LogP contribution in [-0.2, 0) is 19.2 Å². The summed E-state index contributed by atoms with van der Waals surface area (Å²) in [5.41, 5.74) is 11.1. The van der Waals surface area contributed by atoms with Gasteiger partial charge in [-0.3, -0.25) is 14.4 Å². The molecule has 3 unspecified atom stereocenters. The molecule has 10 nitrogen and oxygen atoms in total. The molecule has 11 heteroatoms. The Balaban J connectivity index is 4.57. The summed E-state index contributed by atoms with van der Waals surface area (Å²) in [6.07, 6.45) is 1.93. The zero-order chi connectivity index (χ0) is 21.0. The number of hydrogen-bond donors (Lipinski definition) is 7. The number of amides is 3. The first-order valence-electron chi connectivity index (χ1n) is 8.80. The van der Waals surface area contributed by atoms with Crippen molar-refractivity contribution in [2.75, 3.05) is 18.8 Å². The molecule has 0 spiro atoms. The normalized spacial score (nSPS) is 14.1. The third-order valence-corrected chi connectivity index (χ3v) is 4.16. The highest BCUT2D eigenvalue weighted by atomic mass is 32.1. The SMILES string of the molecule is CC(C)C(NC(=O)CNC(=O)C(N)CCCCN)C(=O)NC(CS)C(=O)O. The Morgan fingerprint density at radius 3 is 2.19 bits per heavy atom. The molecule has 0 saturated heterocycles. The number of unbranched alkanes of at least 4 members (excludes halogenated alkanes) is 1. The van der Waals surface area contributed by atoms with Crippen LogP contribution in [0.3, 0.4) is 0 Å². The number of nitrogens with one attached hydrogen (secondary N) is 3. The van der Waals surface area contributed by atoms with Crippen LogP contribution in [-0.4, -0.2) is 65.8 Å². The van der Waals surface area contributed by atoms with Gasteiger partial charge in [-0.2, -0.15) is 12.6 Å². The first kappa shape index (κ1) is 25.1. The average molecular weight is 406 g/mol. The van der Waals surface area contributed by atoms with Crippen molar-refractivity contribution in [2.45, 2.75) is 51.2 Å². The number of carbonyl (C=O) groups is 4. The maximum Gasteiger partial charge on any atom is 0.327 e. The van der Waals surface area contributed by atoms with E-state index < -0.39 is 41.8 Å². The summed E-state index contributed by atoms with van der Waals surface area (Å²) >= 11 is 3.88. The number of nitrogens with two attached hydrogens (primary N) is 2. The highest BCUT2D eigenvalue weighted by Gasteiger charge is 2.28. The van der Waals surface area contributed by atoms with Crippen LogP contribution in [0.2, 0.25) is 0 Å². The van der Waals surface area contributed by atoms with Gasteiger partial charge < -0.3 is 32.5 Å². The minimum absolute atomic E-state index is 0.0854. The first-order chi connectivity index (χ1) is 12.6. The van der Waals surface area contributed by atoms with Gasteiger partial charge in [-0.25, -0.2) is 4.79 Å². The molecule has 3 atom stereocenters. The molecule has 0 aliphatic heterocycles. The zero-order valence-electron chi connectivity index (χ0n) is 15.7. The summed E-state index contributed by atoms with van der Waals surface area (Å²) in [6.45, 7) is 3.58.